The maximum Gasteiger partial charge on any atom is 0.258 e. The average molecular weight is 512 g/mol. The zero-order valence-corrected chi connectivity index (χ0v) is 21.2. The van der Waals surface area contributed by atoms with Crippen molar-refractivity contribution in [3.63, 3.8) is 0 Å². The van der Waals surface area contributed by atoms with Crippen molar-refractivity contribution < 1.29 is 14.4 Å². The third kappa shape index (κ3) is 5.00. The topological polar surface area (TPSA) is 69.7 Å². The van der Waals surface area contributed by atoms with Gasteiger partial charge in [0.25, 0.3) is 5.91 Å². The van der Waals surface area contributed by atoms with E-state index in [1.165, 1.54) is 0 Å². The van der Waals surface area contributed by atoms with Gasteiger partial charge >= 0.3 is 0 Å². The Bertz CT molecular complexity index is 1290. The van der Waals surface area contributed by atoms with Gasteiger partial charge in [0.15, 0.2) is 0 Å². The molecule has 1 heterocycles. The Morgan fingerprint density at radius 1 is 1.09 bits per heavy atom. The average Bonchev–Trinajstić information content (AvgIpc) is 3.13. The van der Waals surface area contributed by atoms with Crippen LogP contribution in [0.25, 0.3) is 10.8 Å². The molecular weight excluding hydrogens is 485 g/mol. The van der Waals surface area contributed by atoms with Crippen molar-refractivity contribution in [1.82, 2.24) is 10.2 Å². The van der Waals surface area contributed by atoms with Crippen LogP contribution >= 0.6 is 23.2 Å². The normalized spacial score (nSPS) is 13.3. The summed E-state index contributed by atoms with van der Waals surface area (Å²) in [5, 5.41) is 5.57. The van der Waals surface area contributed by atoms with Crippen LogP contribution in [0.3, 0.4) is 0 Å². The quantitative estimate of drug-likeness (QED) is 0.415. The standard InChI is InChI=1S/C27H27Cl2N3O3/c1-3-22(26(34)30-2)32(16-18-12-13-19(28)15-21(18)29)24(33)11-6-14-31-23-10-5-8-17-7-4-9-20(25(17)23)27(31)35/h4-5,7-10,12-13,15,22H,3,6,11,14,16H2,1-2H3,(H,30,34)/t22-/m1/s1. The highest BCUT2D eigenvalue weighted by Crippen LogP contribution is 2.37. The first kappa shape index (κ1) is 25.0. The van der Waals surface area contributed by atoms with Crippen LogP contribution < -0.4 is 10.2 Å². The summed E-state index contributed by atoms with van der Waals surface area (Å²) in [6.45, 7) is 2.46. The third-order valence-corrected chi connectivity index (χ3v) is 7.00. The number of likely N-dealkylation sites (N-methyl/N-ethyl adjacent to an activating group) is 1. The minimum absolute atomic E-state index is 0.0501. The highest BCUT2D eigenvalue weighted by atomic mass is 35.5. The van der Waals surface area contributed by atoms with Crippen LogP contribution in [0.4, 0.5) is 5.69 Å². The third-order valence-electron chi connectivity index (χ3n) is 6.41. The van der Waals surface area contributed by atoms with E-state index in [9.17, 15) is 14.4 Å². The van der Waals surface area contributed by atoms with Gasteiger partial charge in [-0.15, -0.1) is 0 Å². The Labute approximate surface area is 214 Å². The van der Waals surface area contributed by atoms with Gasteiger partial charge in [-0.05, 0) is 48.1 Å². The molecule has 0 fully saturated rings. The first-order chi connectivity index (χ1) is 16.8. The molecule has 0 aliphatic carbocycles. The van der Waals surface area contributed by atoms with Gasteiger partial charge in [0.2, 0.25) is 11.8 Å². The second kappa shape index (κ2) is 10.7. The van der Waals surface area contributed by atoms with Crippen LogP contribution in [0.15, 0.2) is 54.6 Å². The predicted molar refractivity (Wildman–Crippen MR) is 140 cm³/mol. The molecule has 0 saturated carbocycles. The van der Waals surface area contributed by atoms with Gasteiger partial charge in [-0.2, -0.15) is 0 Å². The Hall–Kier alpha value is -3.09. The summed E-state index contributed by atoms with van der Waals surface area (Å²) in [6, 6.07) is 16.0. The molecule has 8 heteroatoms. The lowest BCUT2D eigenvalue weighted by Gasteiger charge is -2.31. The molecule has 0 spiro atoms. The van der Waals surface area contributed by atoms with Crippen LogP contribution in [0, 0.1) is 0 Å². The van der Waals surface area contributed by atoms with Crippen molar-refractivity contribution in [2.24, 2.45) is 0 Å². The number of nitrogens with one attached hydrogen (secondary N) is 1. The van der Waals surface area contributed by atoms with Gasteiger partial charge in [-0.25, -0.2) is 0 Å². The van der Waals surface area contributed by atoms with Gasteiger partial charge in [-0.3, -0.25) is 14.4 Å². The maximum atomic E-state index is 13.4. The summed E-state index contributed by atoms with van der Waals surface area (Å²) in [6.07, 6.45) is 1.11. The van der Waals surface area contributed by atoms with Crippen LogP contribution in [0.2, 0.25) is 10.0 Å². The minimum Gasteiger partial charge on any atom is -0.357 e. The molecule has 3 aromatic carbocycles. The first-order valence-corrected chi connectivity index (χ1v) is 12.4. The van der Waals surface area contributed by atoms with Gasteiger partial charge < -0.3 is 15.1 Å². The molecule has 1 aliphatic heterocycles. The van der Waals surface area contributed by atoms with Gasteiger partial charge in [0, 0.05) is 47.6 Å². The highest BCUT2D eigenvalue weighted by molar-refractivity contribution is 6.35. The van der Waals surface area contributed by atoms with E-state index in [1.807, 2.05) is 43.3 Å². The second-order valence-corrected chi connectivity index (χ2v) is 9.38. The number of amides is 3. The fourth-order valence-electron chi connectivity index (χ4n) is 4.65. The van der Waals surface area contributed by atoms with Crippen molar-refractivity contribution in [3.05, 3.63) is 75.8 Å². The molecule has 0 radical (unpaired) electrons. The van der Waals surface area contributed by atoms with E-state index >= 15 is 0 Å². The Morgan fingerprint density at radius 2 is 1.83 bits per heavy atom. The molecule has 0 unspecified atom stereocenters. The number of nitrogens with zero attached hydrogens (tertiary/aromatic N) is 2. The van der Waals surface area contributed by atoms with E-state index in [0.29, 0.717) is 40.6 Å². The van der Waals surface area contributed by atoms with Crippen LogP contribution in [0.5, 0.6) is 0 Å². The summed E-state index contributed by atoms with van der Waals surface area (Å²) < 4.78 is 0. The van der Waals surface area contributed by atoms with Crippen molar-refractivity contribution >= 4 is 57.4 Å². The van der Waals surface area contributed by atoms with Crippen LogP contribution in [-0.4, -0.2) is 42.3 Å². The summed E-state index contributed by atoms with van der Waals surface area (Å²) in [5.74, 6) is -0.456. The summed E-state index contributed by atoms with van der Waals surface area (Å²) in [4.78, 5) is 42.3. The Kier molecular flexibility index (Phi) is 7.63. The van der Waals surface area contributed by atoms with Gasteiger partial charge in [0.1, 0.15) is 6.04 Å². The van der Waals surface area contributed by atoms with Gasteiger partial charge in [0.05, 0.1) is 5.69 Å². The van der Waals surface area contributed by atoms with Crippen molar-refractivity contribution in [1.29, 1.82) is 0 Å². The van der Waals surface area contributed by atoms with E-state index in [4.69, 9.17) is 23.2 Å². The zero-order chi connectivity index (χ0) is 25.1. The monoisotopic (exact) mass is 511 g/mol. The fraction of sp³-hybridized carbons (Fsp3) is 0.296. The van der Waals surface area contributed by atoms with E-state index in [-0.39, 0.29) is 30.7 Å². The van der Waals surface area contributed by atoms with Gasteiger partial charge in [-0.1, -0.05) is 60.5 Å². The van der Waals surface area contributed by atoms with Crippen molar-refractivity contribution in [2.75, 3.05) is 18.5 Å². The molecule has 4 rings (SSSR count). The number of carbonyl (C=O) groups excluding carboxylic acids is 3. The number of rotatable bonds is 9. The SMILES string of the molecule is CC[C@H](C(=O)NC)N(Cc1ccc(Cl)cc1Cl)C(=O)CCCN1C(=O)c2cccc3cccc1c23. The van der Waals surface area contributed by atoms with Crippen LogP contribution in [0.1, 0.15) is 42.1 Å². The molecular formula is C27H27Cl2N3O3. The summed E-state index contributed by atoms with van der Waals surface area (Å²) >= 11 is 12.4. The molecule has 0 bridgehead atoms. The Balaban J connectivity index is 1.50. The molecule has 3 aromatic rings. The van der Waals surface area contributed by atoms with Crippen LogP contribution in [-0.2, 0) is 16.1 Å². The molecule has 1 N–H and O–H groups in total. The lowest BCUT2D eigenvalue weighted by Crippen LogP contribution is -2.48. The zero-order valence-electron chi connectivity index (χ0n) is 19.7. The maximum absolute atomic E-state index is 13.4. The van der Waals surface area contributed by atoms with E-state index in [0.717, 1.165) is 16.5 Å². The minimum atomic E-state index is -0.634. The number of halogens is 2. The number of carbonyl (C=O) groups is 3. The molecule has 1 aliphatic rings. The van der Waals surface area contributed by atoms with E-state index in [1.54, 1.807) is 35.0 Å². The second-order valence-electron chi connectivity index (χ2n) is 8.54. The molecule has 1 atom stereocenters. The highest BCUT2D eigenvalue weighted by Gasteiger charge is 2.31. The number of hydrogen-bond acceptors (Lipinski definition) is 3. The summed E-state index contributed by atoms with van der Waals surface area (Å²) in [5.41, 5.74) is 2.27. The van der Waals surface area contributed by atoms with Crippen molar-refractivity contribution in [3.8, 4) is 0 Å². The predicted octanol–water partition coefficient (Wildman–Crippen LogP) is 5.44. The first-order valence-electron chi connectivity index (χ1n) is 11.6. The van der Waals surface area contributed by atoms with E-state index in [2.05, 4.69) is 5.32 Å². The smallest absolute Gasteiger partial charge is 0.258 e. The molecule has 182 valence electrons. The lowest BCUT2D eigenvalue weighted by atomic mass is 10.1. The number of anilines is 1. The number of benzene rings is 3. The fourth-order valence-corrected chi connectivity index (χ4v) is 5.12. The summed E-state index contributed by atoms with van der Waals surface area (Å²) in [7, 11) is 1.56. The van der Waals surface area contributed by atoms with Crippen molar-refractivity contribution in [2.45, 2.75) is 38.8 Å². The lowest BCUT2D eigenvalue weighted by molar-refractivity contribution is -0.141. The molecule has 3 amide bonds. The largest absolute Gasteiger partial charge is 0.357 e. The Morgan fingerprint density at radius 3 is 2.51 bits per heavy atom. The molecule has 35 heavy (non-hydrogen) atoms. The number of hydrogen-bond donors (Lipinski definition) is 1. The molecule has 0 saturated heterocycles. The van der Waals surface area contributed by atoms with E-state index < -0.39 is 6.04 Å². The molecule has 6 nitrogen and oxygen atoms in total. The molecule has 0 aromatic heterocycles.